The molecule has 4 amide bonds. The van der Waals surface area contributed by atoms with E-state index in [0.29, 0.717) is 32.2 Å². The number of rotatable bonds is 6. The van der Waals surface area contributed by atoms with Gasteiger partial charge in [-0.25, -0.2) is 0 Å². The van der Waals surface area contributed by atoms with E-state index < -0.39 is 6.04 Å². The second-order valence-electron chi connectivity index (χ2n) is 6.41. The van der Waals surface area contributed by atoms with Crippen molar-refractivity contribution >= 4 is 23.6 Å². The molecule has 0 aromatic heterocycles. The Morgan fingerprint density at radius 1 is 1.25 bits per heavy atom. The number of carbonyl (C=O) groups is 4. The molecular formula is C17H25N3O4. The maximum atomic E-state index is 12.5. The molecule has 24 heavy (non-hydrogen) atoms. The van der Waals surface area contributed by atoms with Crippen LogP contribution in [0.15, 0.2) is 12.2 Å². The molecule has 1 aliphatic heterocycles. The highest BCUT2D eigenvalue weighted by molar-refractivity contribution is 6.08. The van der Waals surface area contributed by atoms with Gasteiger partial charge in [-0.05, 0) is 26.2 Å². The van der Waals surface area contributed by atoms with E-state index in [1.807, 2.05) is 12.2 Å². The summed E-state index contributed by atoms with van der Waals surface area (Å²) in [5.41, 5.74) is 0. The average molecular weight is 335 g/mol. The Kier molecular flexibility index (Phi) is 5.75. The molecule has 1 N–H and O–H groups in total. The van der Waals surface area contributed by atoms with Gasteiger partial charge in [0.2, 0.25) is 23.6 Å². The molecule has 0 unspecified atom stereocenters. The van der Waals surface area contributed by atoms with Gasteiger partial charge in [-0.15, -0.1) is 0 Å². The monoisotopic (exact) mass is 335 g/mol. The molecule has 2 aliphatic rings. The minimum atomic E-state index is -0.805. The van der Waals surface area contributed by atoms with E-state index in [-0.39, 0.29) is 35.5 Å². The number of amides is 4. The zero-order valence-corrected chi connectivity index (χ0v) is 14.4. The molecule has 7 heteroatoms. The van der Waals surface area contributed by atoms with E-state index in [2.05, 4.69) is 5.32 Å². The van der Waals surface area contributed by atoms with Crippen LogP contribution in [0.25, 0.3) is 0 Å². The number of nitrogens with one attached hydrogen (secondary N) is 1. The largest absolute Gasteiger partial charge is 0.359 e. The lowest BCUT2D eigenvalue weighted by Crippen LogP contribution is -2.49. The van der Waals surface area contributed by atoms with Gasteiger partial charge >= 0.3 is 0 Å². The molecule has 0 aromatic carbocycles. The van der Waals surface area contributed by atoms with E-state index in [4.69, 9.17) is 0 Å². The third kappa shape index (κ3) is 3.49. The van der Waals surface area contributed by atoms with Crippen LogP contribution >= 0.6 is 0 Å². The van der Waals surface area contributed by atoms with Crippen molar-refractivity contribution in [3.8, 4) is 0 Å². The fourth-order valence-electron chi connectivity index (χ4n) is 3.35. The summed E-state index contributed by atoms with van der Waals surface area (Å²) >= 11 is 0. The summed E-state index contributed by atoms with van der Waals surface area (Å²) in [6, 6.07) is -0.805. The number of imide groups is 1. The van der Waals surface area contributed by atoms with Gasteiger partial charge in [-0.3, -0.25) is 24.1 Å². The molecule has 3 atom stereocenters. The predicted molar refractivity (Wildman–Crippen MR) is 87.6 cm³/mol. The molecule has 1 aliphatic carbocycles. The fraction of sp³-hybridized carbons (Fsp3) is 0.647. The molecule has 132 valence electrons. The lowest BCUT2D eigenvalue weighted by Gasteiger charge is -2.27. The molecule has 0 aromatic rings. The van der Waals surface area contributed by atoms with E-state index in [1.54, 1.807) is 21.0 Å². The first-order valence-electron chi connectivity index (χ1n) is 8.36. The third-order valence-corrected chi connectivity index (χ3v) is 4.84. The number of fused-ring (bicyclic) bond motifs is 1. The molecule has 7 nitrogen and oxygen atoms in total. The van der Waals surface area contributed by atoms with Gasteiger partial charge in [-0.2, -0.15) is 0 Å². The Hall–Kier alpha value is -2.18. The van der Waals surface area contributed by atoms with Crippen LogP contribution in [-0.4, -0.2) is 60.1 Å². The zero-order chi connectivity index (χ0) is 17.9. The van der Waals surface area contributed by atoms with Gasteiger partial charge < -0.3 is 10.2 Å². The van der Waals surface area contributed by atoms with Crippen molar-refractivity contribution < 1.29 is 19.2 Å². The minimum absolute atomic E-state index is 0.0784. The first kappa shape index (κ1) is 18.2. The maximum Gasteiger partial charge on any atom is 0.245 e. The van der Waals surface area contributed by atoms with Crippen LogP contribution in [-0.2, 0) is 19.2 Å². The number of hydrogen-bond donors (Lipinski definition) is 1. The maximum absolute atomic E-state index is 12.5. The Bertz CT molecular complexity index is 546. The highest BCUT2D eigenvalue weighted by Crippen LogP contribution is 2.36. The average Bonchev–Trinajstić information content (AvgIpc) is 2.84. The summed E-state index contributed by atoms with van der Waals surface area (Å²) in [7, 11) is 3.19. The summed E-state index contributed by atoms with van der Waals surface area (Å²) in [6.07, 6.45) is 5.84. The van der Waals surface area contributed by atoms with Crippen LogP contribution in [0.3, 0.4) is 0 Å². The van der Waals surface area contributed by atoms with Crippen LogP contribution in [0.2, 0.25) is 0 Å². The van der Waals surface area contributed by atoms with Crippen molar-refractivity contribution in [1.29, 1.82) is 0 Å². The first-order chi connectivity index (χ1) is 11.4. The van der Waals surface area contributed by atoms with Crippen LogP contribution in [0.1, 0.15) is 32.6 Å². The highest BCUT2D eigenvalue weighted by atomic mass is 16.2. The zero-order valence-electron chi connectivity index (χ0n) is 14.4. The number of allylic oxidation sites excluding steroid dienone is 2. The minimum Gasteiger partial charge on any atom is -0.359 e. The van der Waals surface area contributed by atoms with Crippen molar-refractivity contribution in [3.05, 3.63) is 12.2 Å². The molecule has 2 rings (SSSR count). The summed E-state index contributed by atoms with van der Waals surface area (Å²) in [6.45, 7) is 2.00. The molecule has 0 saturated carbocycles. The van der Waals surface area contributed by atoms with Crippen LogP contribution in [0, 0.1) is 11.8 Å². The fourth-order valence-corrected chi connectivity index (χ4v) is 3.35. The van der Waals surface area contributed by atoms with Gasteiger partial charge in [0.15, 0.2) is 0 Å². The van der Waals surface area contributed by atoms with Crippen LogP contribution in [0.5, 0.6) is 0 Å². The summed E-state index contributed by atoms with van der Waals surface area (Å²) in [5.74, 6) is -1.49. The van der Waals surface area contributed by atoms with Crippen molar-refractivity contribution in [3.63, 3.8) is 0 Å². The number of hydrogen-bond acceptors (Lipinski definition) is 4. The molecule has 1 fully saturated rings. The standard InChI is InChI=1S/C17H25N3O4/c1-11(15(22)19(3)10-6-9-14(21)18-2)20-16(23)12-7-4-5-8-13(12)17(20)24/h4-5,11-13H,6-10H2,1-3H3,(H,18,21)/t11-,12-,13-/m0/s1. The van der Waals surface area contributed by atoms with Crippen molar-refractivity contribution in [2.24, 2.45) is 11.8 Å². The molecule has 0 radical (unpaired) electrons. The second-order valence-corrected chi connectivity index (χ2v) is 6.41. The molecule has 0 spiro atoms. The number of nitrogens with zero attached hydrogens (tertiary/aromatic N) is 2. The lowest BCUT2D eigenvalue weighted by atomic mass is 9.85. The Morgan fingerprint density at radius 2 is 1.79 bits per heavy atom. The van der Waals surface area contributed by atoms with E-state index in [0.717, 1.165) is 4.90 Å². The van der Waals surface area contributed by atoms with E-state index in [9.17, 15) is 19.2 Å². The molecule has 1 saturated heterocycles. The third-order valence-electron chi connectivity index (χ3n) is 4.84. The van der Waals surface area contributed by atoms with Gasteiger partial charge in [0.05, 0.1) is 11.8 Å². The quantitative estimate of drug-likeness (QED) is 0.559. The molecular weight excluding hydrogens is 310 g/mol. The van der Waals surface area contributed by atoms with Gasteiger partial charge in [0.1, 0.15) is 6.04 Å². The molecule has 1 heterocycles. The van der Waals surface area contributed by atoms with E-state index in [1.165, 1.54) is 4.90 Å². The number of likely N-dealkylation sites (tertiary alicyclic amines) is 1. The van der Waals surface area contributed by atoms with Gasteiger partial charge in [0, 0.05) is 27.1 Å². The predicted octanol–water partition coefficient (Wildman–Crippen LogP) is 0.311. The number of likely N-dealkylation sites (N-methyl/N-ethyl adjacent to an activating group) is 1. The van der Waals surface area contributed by atoms with Gasteiger partial charge in [0.25, 0.3) is 0 Å². The van der Waals surface area contributed by atoms with Crippen molar-refractivity contribution in [1.82, 2.24) is 15.1 Å². The first-order valence-corrected chi connectivity index (χ1v) is 8.36. The van der Waals surface area contributed by atoms with Crippen molar-refractivity contribution in [2.75, 3.05) is 20.6 Å². The SMILES string of the molecule is CNC(=O)CCCN(C)C(=O)[C@H](C)N1C(=O)[C@H]2CC=CC[C@@H]2C1=O. The topological polar surface area (TPSA) is 86.8 Å². The highest BCUT2D eigenvalue weighted by Gasteiger charge is 2.50. The second kappa shape index (κ2) is 7.59. The Labute approximate surface area is 142 Å². The lowest BCUT2D eigenvalue weighted by molar-refractivity contribution is -0.150. The number of carbonyl (C=O) groups excluding carboxylic acids is 4. The Morgan fingerprint density at radius 3 is 2.29 bits per heavy atom. The van der Waals surface area contributed by atoms with Crippen molar-refractivity contribution in [2.45, 2.75) is 38.6 Å². The normalized spacial score (nSPS) is 23.9. The summed E-state index contributed by atoms with van der Waals surface area (Å²) < 4.78 is 0. The van der Waals surface area contributed by atoms with Crippen LogP contribution in [0.4, 0.5) is 0 Å². The Balaban J connectivity index is 1.96. The molecule has 0 bridgehead atoms. The van der Waals surface area contributed by atoms with Crippen LogP contribution < -0.4 is 5.32 Å². The smallest absolute Gasteiger partial charge is 0.245 e. The summed E-state index contributed by atoms with van der Waals surface area (Å²) in [5, 5.41) is 2.53. The van der Waals surface area contributed by atoms with E-state index >= 15 is 0 Å². The van der Waals surface area contributed by atoms with Gasteiger partial charge in [-0.1, -0.05) is 12.2 Å². The summed E-state index contributed by atoms with van der Waals surface area (Å²) in [4.78, 5) is 51.4.